The Labute approximate surface area is 149 Å². The second-order valence-corrected chi connectivity index (χ2v) is 5.97. The van der Waals surface area contributed by atoms with Crippen LogP contribution in [-0.2, 0) is 6.42 Å². The van der Waals surface area contributed by atoms with Crippen LogP contribution in [0.5, 0.6) is 0 Å². The van der Waals surface area contributed by atoms with Crippen molar-refractivity contribution in [1.29, 1.82) is 0 Å². The molecule has 0 atom stereocenters. The molecule has 8 nitrogen and oxygen atoms in total. The van der Waals surface area contributed by atoms with Crippen LogP contribution in [0.4, 0.5) is 28.8 Å². The van der Waals surface area contributed by atoms with Gasteiger partial charge < -0.3 is 10.2 Å². The Kier molecular flexibility index (Phi) is 3.92. The number of aromatic nitrogens is 3. The standard InChI is InChI=1S/C18H16N6O2/c1-12-5-4-8-15(21-12)22-17-16(24(25)26)18(20-11-19-17)23-10-9-13-6-2-3-7-14(13)23/h2-8,11H,9-10H2,1H3,(H,19,20,21,22). The van der Waals surface area contributed by atoms with Gasteiger partial charge in [0.15, 0.2) is 0 Å². The quantitative estimate of drug-likeness (QED) is 0.569. The van der Waals surface area contributed by atoms with E-state index in [9.17, 15) is 10.1 Å². The summed E-state index contributed by atoms with van der Waals surface area (Å²) in [5.41, 5.74) is 2.73. The zero-order valence-corrected chi connectivity index (χ0v) is 14.1. The number of benzene rings is 1. The maximum atomic E-state index is 11.8. The number of para-hydroxylation sites is 1. The van der Waals surface area contributed by atoms with Gasteiger partial charge in [0.25, 0.3) is 0 Å². The summed E-state index contributed by atoms with van der Waals surface area (Å²) in [6.07, 6.45) is 2.15. The third-order valence-electron chi connectivity index (χ3n) is 4.26. The van der Waals surface area contributed by atoms with Gasteiger partial charge in [-0.3, -0.25) is 10.1 Å². The van der Waals surface area contributed by atoms with Crippen molar-refractivity contribution in [2.24, 2.45) is 0 Å². The normalized spacial score (nSPS) is 12.7. The molecule has 0 aliphatic carbocycles. The molecular weight excluding hydrogens is 332 g/mol. The van der Waals surface area contributed by atoms with Crippen LogP contribution >= 0.6 is 0 Å². The average Bonchev–Trinajstić information content (AvgIpc) is 3.05. The van der Waals surface area contributed by atoms with Gasteiger partial charge in [-0.15, -0.1) is 0 Å². The zero-order valence-electron chi connectivity index (χ0n) is 14.1. The van der Waals surface area contributed by atoms with Gasteiger partial charge >= 0.3 is 5.69 Å². The van der Waals surface area contributed by atoms with Crippen LogP contribution < -0.4 is 10.2 Å². The molecule has 0 amide bonds. The number of nitrogens with zero attached hydrogens (tertiary/aromatic N) is 5. The molecule has 0 radical (unpaired) electrons. The van der Waals surface area contributed by atoms with Crippen molar-refractivity contribution in [2.75, 3.05) is 16.8 Å². The highest BCUT2D eigenvalue weighted by atomic mass is 16.6. The second kappa shape index (κ2) is 6.40. The van der Waals surface area contributed by atoms with Crippen LogP contribution in [0.1, 0.15) is 11.3 Å². The van der Waals surface area contributed by atoms with Gasteiger partial charge in [-0.05, 0) is 37.1 Å². The lowest BCUT2D eigenvalue weighted by molar-refractivity contribution is -0.383. The average molecular weight is 348 g/mol. The van der Waals surface area contributed by atoms with Crippen LogP contribution in [0, 0.1) is 17.0 Å². The van der Waals surface area contributed by atoms with E-state index in [0.29, 0.717) is 12.4 Å². The monoisotopic (exact) mass is 348 g/mol. The predicted octanol–water partition coefficient (Wildman–Crippen LogP) is 3.53. The SMILES string of the molecule is Cc1cccc(Nc2ncnc(N3CCc4ccccc43)c2[N+](=O)[O-])n1. The van der Waals surface area contributed by atoms with Gasteiger partial charge in [0.1, 0.15) is 12.1 Å². The third kappa shape index (κ3) is 2.81. The first-order valence-corrected chi connectivity index (χ1v) is 8.19. The van der Waals surface area contributed by atoms with E-state index in [1.807, 2.05) is 48.2 Å². The topological polar surface area (TPSA) is 97.1 Å². The van der Waals surface area contributed by atoms with E-state index in [-0.39, 0.29) is 17.3 Å². The summed E-state index contributed by atoms with van der Waals surface area (Å²) in [5, 5.41) is 14.8. The summed E-state index contributed by atoms with van der Waals surface area (Å²) in [7, 11) is 0. The fourth-order valence-corrected chi connectivity index (χ4v) is 3.12. The number of nitrogens with one attached hydrogen (secondary N) is 1. The van der Waals surface area contributed by atoms with Crippen LogP contribution in [-0.4, -0.2) is 26.4 Å². The molecule has 0 unspecified atom stereocenters. The molecule has 1 N–H and O–H groups in total. The van der Waals surface area contributed by atoms with E-state index in [4.69, 9.17) is 0 Å². The van der Waals surface area contributed by atoms with Gasteiger partial charge in [-0.1, -0.05) is 24.3 Å². The Morgan fingerprint density at radius 1 is 1.15 bits per heavy atom. The molecule has 0 bridgehead atoms. The first-order valence-electron chi connectivity index (χ1n) is 8.19. The van der Waals surface area contributed by atoms with Gasteiger partial charge in [0.2, 0.25) is 11.6 Å². The molecule has 1 aliphatic heterocycles. The minimum atomic E-state index is -0.450. The Hall–Kier alpha value is -3.55. The zero-order chi connectivity index (χ0) is 18.1. The number of hydrogen-bond donors (Lipinski definition) is 1. The third-order valence-corrected chi connectivity index (χ3v) is 4.26. The molecule has 2 aromatic heterocycles. The molecule has 0 spiro atoms. The highest BCUT2D eigenvalue weighted by Crippen LogP contribution is 2.40. The molecule has 0 fully saturated rings. The summed E-state index contributed by atoms with van der Waals surface area (Å²) >= 11 is 0. The van der Waals surface area contributed by atoms with E-state index >= 15 is 0 Å². The fourth-order valence-electron chi connectivity index (χ4n) is 3.12. The number of rotatable bonds is 4. The van der Waals surface area contributed by atoms with E-state index < -0.39 is 4.92 Å². The van der Waals surface area contributed by atoms with Crippen molar-refractivity contribution in [3.8, 4) is 0 Å². The van der Waals surface area contributed by atoms with Gasteiger partial charge in [-0.2, -0.15) is 0 Å². The lowest BCUT2D eigenvalue weighted by Crippen LogP contribution is -2.17. The molecular formula is C18H16N6O2. The van der Waals surface area contributed by atoms with Crippen molar-refractivity contribution in [3.05, 3.63) is 70.2 Å². The highest BCUT2D eigenvalue weighted by molar-refractivity contribution is 5.79. The minimum absolute atomic E-state index is 0.127. The Morgan fingerprint density at radius 2 is 2.00 bits per heavy atom. The molecule has 0 saturated heterocycles. The molecule has 4 rings (SSSR count). The number of aryl methyl sites for hydroxylation is 1. The predicted molar refractivity (Wildman–Crippen MR) is 98.1 cm³/mol. The Balaban J connectivity index is 1.78. The van der Waals surface area contributed by atoms with E-state index in [1.165, 1.54) is 6.33 Å². The molecule has 3 aromatic rings. The summed E-state index contributed by atoms with van der Waals surface area (Å²) in [5.74, 6) is 0.909. The number of pyridine rings is 1. The van der Waals surface area contributed by atoms with Crippen LogP contribution in [0.15, 0.2) is 48.8 Å². The van der Waals surface area contributed by atoms with Crippen LogP contribution in [0.25, 0.3) is 0 Å². The lowest BCUT2D eigenvalue weighted by Gasteiger charge is -2.18. The smallest absolute Gasteiger partial charge is 0.320 e. The Bertz CT molecular complexity index is 991. The molecule has 1 aliphatic rings. The number of hydrogen-bond acceptors (Lipinski definition) is 7. The van der Waals surface area contributed by atoms with Crippen molar-refractivity contribution in [2.45, 2.75) is 13.3 Å². The molecule has 0 saturated carbocycles. The summed E-state index contributed by atoms with van der Waals surface area (Å²) in [4.78, 5) is 25.8. The first-order chi connectivity index (χ1) is 12.6. The van der Waals surface area contributed by atoms with Gasteiger partial charge in [0.05, 0.1) is 4.92 Å². The van der Waals surface area contributed by atoms with Crippen molar-refractivity contribution in [3.63, 3.8) is 0 Å². The second-order valence-electron chi connectivity index (χ2n) is 5.97. The summed E-state index contributed by atoms with van der Waals surface area (Å²) in [6.45, 7) is 2.49. The van der Waals surface area contributed by atoms with Gasteiger partial charge in [0, 0.05) is 17.9 Å². The van der Waals surface area contributed by atoms with Crippen molar-refractivity contribution >= 4 is 28.8 Å². The van der Waals surface area contributed by atoms with Crippen LogP contribution in [0.2, 0.25) is 0 Å². The first kappa shape index (κ1) is 15.9. The number of nitro groups is 1. The molecule has 130 valence electrons. The molecule has 8 heteroatoms. The number of fused-ring (bicyclic) bond motifs is 1. The molecule has 1 aromatic carbocycles. The van der Waals surface area contributed by atoms with Gasteiger partial charge in [-0.25, -0.2) is 15.0 Å². The Morgan fingerprint density at radius 3 is 2.81 bits per heavy atom. The van der Waals surface area contributed by atoms with E-state index in [1.54, 1.807) is 6.07 Å². The van der Waals surface area contributed by atoms with E-state index in [0.717, 1.165) is 23.4 Å². The highest BCUT2D eigenvalue weighted by Gasteiger charge is 2.31. The minimum Gasteiger partial charge on any atom is -0.320 e. The maximum Gasteiger partial charge on any atom is 0.354 e. The van der Waals surface area contributed by atoms with Crippen molar-refractivity contribution in [1.82, 2.24) is 15.0 Å². The van der Waals surface area contributed by atoms with Crippen LogP contribution in [0.3, 0.4) is 0 Å². The summed E-state index contributed by atoms with van der Waals surface area (Å²) < 4.78 is 0. The van der Waals surface area contributed by atoms with Crippen molar-refractivity contribution < 1.29 is 4.92 Å². The fraction of sp³-hybridized carbons (Fsp3) is 0.167. The number of anilines is 4. The van der Waals surface area contributed by atoms with E-state index in [2.05, 4.69) is 20.3 Å². The maximum absolute atomic E-state index is 11.8. The molecule has 26 heavy (non-hydrogen) atoms. The largest absolute Gasteiger partial charge is 0.354 e. The molecule has 3 heterocycles. The lowest BCUT2D eigenvalue weighted by atomic mass is 10.2. The summed E-state index contributed by atoms with van der Waals surface area (Å²) in [6, 6.07) is 13.3.